The molecule has 1 N–H and O–H groups in total. The largest absolute Gasteiger partial charge is 0.493 e. The Morgan fingerprint density at radius 2 is 1.52 bits per heavy atom. The van der Waals surface area contributed by atoms with Gasteiger partial charge in [0.1, 0.15) is 12.6 Å². The van der Waals surface area contributed by atoms with E-state index in [1.807, 2.05) is 37.3 Å². The second-order valence-corrected chi connectivity index (χ2v) is 11.0. The highest BCUT2D eigenvalue weighted by molar-refractivity contribution is 7.92. The van der Waals surface area contributed by atoms with E-state index in [-0.39, 0.29) is 23.0 Å². The number of hydrogen-bond acceptors (Lipinski definition) is 6. The molecule has 0 aliphatic rings. The lowest BCUT2D eigenvalue weighted by Gasteiger charge is -2.32. The molecule has 0 unspecified atom stereocenters. The van der Waals surface area contributed by atoms with E-state index in [2.05, 4.69) is 5.32 Å². The number of benzene rings is 3. The van der Waals surface area contributed by atoms with Crippen LogP contribution >= 0.6 is 0 Å². The number of sulfonamides is 1. The minimum atomic E-state index is -4.17. The SMILES string of the molecule is CCCNC(=O)[C@H](C)N(CCc1ccccc1)C(=O)CN(c1ccc(OC)c(OC)c1)S(=O)(=O)c1ccccc1. The fraction of sp³-hybridized carbons (Fsp3) is 0.333. The summed E-state index contributed by atoms with van der Waals surface area (Å²) in [5.41, 5.74) is 1.22. The van der Waals surface area contributed by atoms with Gasteiger partial charge in [-0.15, -0.1) is 0 Å². The number of carbonyl (C=O) groups is 2. The monoisotopic (exact) mass is 567 g/mol. The second-order valence-electron chi connectivity index (χ2n) is 9.15. The first-order valence-electron chi connectivity index (χ1n) is 13.1. The average molecular weight is 568 g/mol. The van der Waals surface area contributed by atoms with Gasteiger partial charge in [-0.05, 0) is 49.6 Å². The number of carbonyl (C=O) groups excluding carboxylic acids is 2. The minimum absolute atomic E-state index is 0.0298. The molecule has 0 aliphatic heterocycles. The Balaban J connectivity index is 2.01. The number of nitrogens with one attached hydrogen (secondary N) is 1. The van der Waals surface area contributed by atoms with Gasteiger partial charge in [-0.25, -0.2) is 8.42 Å². The Kier molecular flexibility index (Phi) is 11.0. The molecule has 0 saturated heterocycles. The van der Waals surface area contributed by atoms with Gasteiger partial charge in [0.15, 0.2) is 11.5 Å². The van der Waals surface area contributed by atoms with Crippen molar-refractivity contribution in [2.75, 3.05) is 38.2 Å². The van der Waals surface area contributed by atoms with Gasteiger partial charge in [-0.2, -0.15) is 0 Å². The van der Waals surface area contributed by atoms with E-state index in [1.54, 1.807) is 37.3 Å². The lowest BCUT2D eigenvalue weighted by Crippen LogP contribution is -2.52. The summed E-state index contributed by atoms with van der Waals surface area (Å²) in [5.74, 6) is -0.0782. The van der Waals surface area contributed by atoms with Gasteiger partial charge >= 0.3 is 0 Å². The molecule has 0 spiro atoms. The van der Waals surface area contributed by atoms with Gasteiger partial charge in [0.05, 0.1) is 24.8 Å². The third-order valence-corrected chi connectivity index (χ3v) is 8.25. The fourth-order valence-electron chi connectivity index (χ4n) is 4.19. The number of methoxy groups -OCH3 is 2. The van der Waals surface area contributed by atoms with Crippen LogP contribution in [0.25, 0.3) is 0 Å². The molecule has 1 atom stereocenters. The molecule has 214 valence electrons. The summed E-state index contributed by atoms with van der Waals surface area (Å²) in [5, 5.41) is 2.84. The summed E-state index contributed by atoms with van der Waals surface area (Å²) >= 11 is 0. The van der Waals surface area contributed by atoms with Crippen molar-refractivity contribution >= 4 is 27.5 Å². The number of amides is 2. The zero-order chi connectivity index (χ0) is 29.1. The highest BCUT2D eigenvalue weighted by Gasteiger charge is 2.32. The van der Waals surface area contributed by atoms with Crippen molar-refractivity contribution in [2.24, 2.45) is 0 Å². The van der Waals surface area contributed by atoms with Crippen LogP contribution in [0.3, 0.4) is 0 Å². The van der Waals surface area contributed by atoms with Crippen LogP contribution in [0, 0.1) is 0 Å². The Hall–Kier alpha value is -4.05. The topological polar surface area (TPSA) is 105 Å². The first-order valence-corrected chi connectivity index (χ1v) is 14.6. The summed E-state index contributed by atoms with van der Waals surface area (Å²) in [6.07, 6.45) is 1.25. The Morgan fingerprint density at radius 1 is 0.900 bits per heavy atom. The maximum absolute atomic E-state index is 13.9. The van der Waals surface area contributed by atoms with E-state index < -0.39 is 28.5 Å². The number of hydrogen-bond donors (Lipinski definition) is 1. The van der Waals surface area contributed by atoms with Crippen LogP contribution in [-0.2, 0) is 26.0 Å². The van der Waals surface area contributed by atoms with Gasteiger partial charge in [-0.3, -0.25) is 13.9 Å². The van der Waals surface area contributed by atoms with Crippen LogP contribution in [0.4, 0.5) is 5.69 Å². The normalized spacial score (nSPS) is 11.8. The van der Waals surface area contributed by atoms with Gasteiger partial charge in [0, 0.05) is 19.2 Å². The standard InChI is InChI=1S/C30H37N3O6S/c1-5-19-31-30(35)23(2)32(20-18-24-12-8-6-9-13-24)29(34)22-33(40(36,37)26-14-10-7-11-15-26)25-16-17-27(38-3)28(21-25)39-4/h6-17,21,23H,5,18-20,22H2,1-4H3,(H,31,35)/t23-/m0/s1. The van der Waals surface area contributed by atoms with Crippen LogP contribution in [0.2, 0.25) is 0 Å². The summed E-state index contributed by atoms with van der Waals surface area (Å²) in [6.45, 7) is 3.78. The Labute approximate surface area is 236 Å². The molecule has 3 aromatic carbocycles. The summed E-state index contributed by atoms with van der Waals surface area (Å²) in [4.78, 5) is 28.3. The third kappa shape index (κ3) is 7.53. The minimum Gasteiger partial charge on any atom is -0.493 e. The summed E-state index contributed by atoms with van der Waals surface area (Å²) < 4.78 is 39.5. The average Bonchev–Trinajstić information content (AvgIpc) is 2.99. The molecule has 0 saturated carbocycles. The lowest BCUT2D eigenvalue weighted by molar-refractivity contribution is -0.138. The first-order chi connectivity index (χ1) is 19.2. The van der Waals surface area contributed by atoms with Gasteiger partial charge in [0.2, 0.25) is 11.8 Å². The molecule has 0 aromatic heterocycles. The number of nitrogens with zero attached hydrogens (tertiary/aromatic N) is 2. The van der Waals surface area contributed by atoms with Crippen molar-refractivity contribution < 1.29 is 27.5 Å². The van der Waals surface area contributed by atoms with Crippen molar-refractivity contribution in [2.45, 2.75) is 37.6 Å². The molecule has 10 heteroatoms. The van der Waals surface area contributed by atoms with Crippen LogP contribution in [0.15, 0.2) is 83.8 Å². The molecule has 0 heterocycles. The molecule has 0 bridgehead atoms. The van der Waals surface area contributed by atoms with E-state index in [9.17, 15) is 18.0 Å². The van der Waals surface area contributed by atoms with Gasteiger partial charge in [0.25, 0.3) is 10.0 Å². The van der Waals surface area contributed by atoms with Gasteiger partial charge in [-0.1, -0.05) is 55.5 Å². The smallest absolute Gasteiger partial charge is 0.264 e. The fourth-order valence-corrected chi connectivity index (χ4v) is 5.62. The zero-order valence-electron chi connectivity index (χ0n) is 23.4. The molecular weight excluding hydrogens is 530 g/mol. The molecule has 3 rings (SSSR count). The Bertz CT molecular complexity index is 1370. The van der Waals surface area contributed by atoms with Crippen molar-refractivity contribution in [3.8, 4) is 11.5 Å². The predicted octanol–water partition coefficient (Wildman–Crippen LogP) is 3.89. The predicted molar refractivity (Wildman–Crippen MR) is 155 cm³/mol. The number of anilines is 1. The van der Waals surface area contributed by atoms with Crippen molar-refractivity contribution in [3.63, 3.8) is 0 Å². The van der Waals surface area contributed by atoms with Gasteiger partial charge < -0.3 is 19.7 Å². The summed E-state index contributed by atoms with van der Waals surface area (Å²) in [7, 11) is -1.24. The van der Waals surface area contributed by atoms with Crippen LogP contribution in [-0.4, -0.2) is 65.0 Å². The molecule has 2 amide bonds. The molecule has 0 radical (unpaired) electrons. The highest BCUT2D eigenvalue weighted by atomic mass is 32.2. The second kappa shape index (κ2) is 14.4. The van der Waals surface area contributed by atoms with E-state index in [0.717, 1.165) is 16.3 Å². The zero-order valence-corrected chi connectivity index (χ0v) is 24.2. The molecular formula is C30H37N3O6S. The molecule has 0 fully saturated rings. The quantitative estimate of drug-likeness (QED) is 0.317. The van der Waals surface area contributed by atoms with E-state index in [4.69, 9.17) is 9.47 Å². The van der Waals surface area contributed by atoms with Crippen molar-refractivity contribution in [3.05, 3.63) is 84.4 Å². The van der Waals surface area contributed by atoms with Crippen LogP contribution in [0.5, 0.6) is 11.5 Å². The van der Waals surface area contributed by atoms with Crippen molar-refractivity contribution in [1.29, 1.82) is 0 Å². The van der Waals surface area contributed by atoms with E-state index in [0.29, 0.717) is 24.5 Å². The number of rotatable bonds is 14. The molecule has 40 heavy (non-hydrogen) atoms. The van der Waals surface area contributed by atoms with E-state index in [1.165, 1.54) is 37.3 Å². The molecule has 9 nitrogen and oxygen atoms in total. The maximum atomic E-state index is 13.9. The maximum Gasteiger partial charge on any atom is 0.264 e. The Morgan fingerprint density at radius 3 is 2.12 bits per heavy atom. The number of ether oxygens (including phenoxy) is 2. The van der Waals surface area contributed by atoms with Crippen molar-refractivity contribution in [1.82, 2.24) is 10.2 Å². The third-order valence-electron chi connectivity index (χ3n) is 6.47. The van der Waals surface area contributed by atoms with Crippen LogP contribution in [0.1, 0.15) is 25.8 Å². The van der Waals surface area contributed by atoms with E-state index >= 15 is 0 Å². The molecule has 0 aliphatic carbocycles. The summed E-state index contributed by atoms with van der Waals surface area (Å²) in [6, 6.07) is 21.4. The molecule has 3 aromatic rings. The van der Waals surface area contributed by atoms with Crippen LogP contribution < -0.4 is 19.1 Å². The lowest BCUT2D eigenvalue weighted by atomic mass is 10.1. The highest BCUT2D eigenvalue weighted by Crippen LogP contribution is 2.34. The first kappa shape index (κ1) is 30.5.